The Balaban J connectivity index is 1.09. The second-order valence-electron chi connectivity index (χ2n) is 27.8. The average Bonchev–Trinajstić information content (AvgIpc) is 2.38. The molecule has 28 aromatic carbocycles. The zero-order chi connectivity index (χ0) is 46.6. The standard InChI is InChI=1S/C74H19NO2/c1-77-72(76)13-7-5-6-12(10-13)11-73-66-58-49-42-29-22-16-17-19-15-14-18(16)27(29)33-31-20(14)24-21(15)32-34-28(19)30-23(17)26-25(22)36-44-37(26)46-43(30)50-48(34)52-39(32)41-35(24)40-38(31)51(47(33)49)62(66)64-53(40)54(41)65-63(52)67-59(50)56(46)61-57(44)60(55(58)45(36)42)68(73)70(61)74(67,71(65)69(64)73)75-8-3-2-4-9-75/h5-7,10H,2-4,8-9,11H2,1H3. The van der Waals surface area contributed by atoms with Gasteiger partial charge in [-0.15, -0.1) is 0 Å². The van der Waals surface area contributed by atoms with E-state index in [-0.39, 0.29) is 5.97 Å². The Morgan fingerprint density at radius 3 is 1.00 bits per heavy atom. The molecule has 0 bridgehead atoms. The Morgan fingerprint density at radius 1 is 0.351 bits per heavy atom. The first-order chi connectivity index (χ1) is 38.3. The molecule has 3 heteroatoms. The fraction of sp³-hybridized carbons (Fsp3) is 0.122. The summed E-state index contributed by atoms with van der Waals surface area (Å²) >= 11 is 0. The number of likely N-dealkylation sites (tertiary alicyclic amines) is 1. The van der Waals surface area contributed by atoms with Gasteiger partial charge in [0.25, 0.3) is 0 Å². The van der Waals surface area contributed by atoms with Crippen molar-refractivity contribution >= 4 is 286 Å². The highest BCUT2D eigenvalue weighted by Crippen LogP contribution is 2.84. The van der Waals surface area contributed by atoms with E-state index >= 15 is 0 Å². The van der Waals surface area contributed by atoms with Gasteiger partial charge < -0.3 is 4.74 Å². The van der Waals surface area contributed by atoms with Crippen molar-refractivity contribution in [2.24, 2.45) is 0 Å². The van der Waals surface area contributed by atoms with Crippen LogP contribution in [-0.2, 0) is 22.1 Å². The molecule has 0 aromatic heterocycles. The van der Waals surface area contributed by atoms with Gasteiger partial charge in [-0.25, -0.2) is 4.79 Å². The predicted octanol–water partition coefficient (Wildman–Crippen LogP) is 18.4. The highest BCUT2D eigenvalue weighted by Gasteiger charge is 2.68. The third kappa shape index (κ3) is 1.80. The quantitative estimate of drug-likeness (QED) is 0.130. The van der Waals surface area contributed by atoms with Crippen LogP contribution in [0.2, 0.25) is 0 Å². The van der Waals surface area contributed by atoms with Gasteiger partial charge in [-0.1, -0.05) is 18.6 Å². The molecule has 0 saturated carbocycles. The van der Waals surface area contributed by atoms with Gasteiger partial charge in [0.1, 0.15) is 5.54 Å². The maximum absolute atomic E-state index is 13.8. The maximum Gasteiger partial charge on any atom is 0.337 e. The van der Waals surface area contributed by atoms with Crippen molar-refractivity contribution in [3.8, 4) is 0 Å². The van der Waals surface area contributed by atoms with E-state index in [1.165, 1.54) is 24.8 Å². The van der Waals surface area contributed by atoms with Crippen molar-refractivity contribution in [1.29, 1.82) is 0 Å². The minimum Gasteiger partial charge on any atom is -0.465 e. The molecule has 2 unspecified atom stereocenters. The molecule has 1 heterocycles. The SMILES string of the molecule is COC(=O)c1cccc(CC23c4c5c6c7c8c9c%10c%11c(c2c2c%12c3c3c%13c4c6c4c6c%13c%13c3c3c%12c%12c%14c2c%11c2c%11c%10c%10c8c8c7c4c4c6c6c%13c7c3c%12c3c(c%142)c2c%11c%10c%10c8c4c4c%10c2c3c7c64)C59N2CCCCC2)c1. The summed E-state index contributed by atoms with van der Waals surface area (Å²) in [6.07, 6.45) is 4.62. The topological polar surface area (TPSA) is 29.5 Å². The molecule has 28 aromatic rings. The van der Waals surface area contributed by atoms with Crippen LogP contribution in [0.5, 0.6) is 0 Å². The lowest BCUT2D eigenvalue weighted by molar-refractivity contribution is 0.0600. The van der Waals surface area contributed by atoms with Crippen molar-refractivity contribution in [3.63, 3.8) is 0 Å². The first kappa shape index (κ1) is 30.6. The van der Waals surface area contributed by atoms with E-state index in [9.17, 15) is 4.79 Å². The van der Waals surface area contributed by atoms with Gasteiger partial charge in [0.2, 0.25) is 0 Å². The van der Waals surface area contributed by atoms with E-state index in [0.29, 0.717) is 5.56 Å². The Kier molecular flexibility index (Phi) is 2.91. The molecule has 332 valence electrons. The van der Waals surface area contributed by atoms with Crippen LogP contribution in [0.15, 0.2) is 24.3 Å². The zero-order valence-electron chi connectivity index (χ0n) is 40.3. The lowest BCUT2D eigenvalue weighted by Crippen LogP contribution is -2.54. The summed E-state index contributed by atoms with van der Waals surface area (Å²) in [5.41, 5.74) is 11.2. The number of carbonyl (C=O) groups is 1. The second-order valence-corrected chi connectivity index (χ2v) is 27.8. The number of esters is 1. The van der Waals surface area contributed by atoms with Crippen LogP contribution in [0.25, 0.3) is 280 Å². The van der Waals surface area contributed by atoms with Crippen LogP contribution in [0.1, 0.15) is 68.6 Å². The van der Waals surface area contributed by atoms with E-state index in [2.05, 4.69) is 23.1 Å². The number of carbonyl (C=O) groups excluding carboxylic acids is 1. The van der Waals surface area contributed by atoms with Crippen LogP contribution in [0, 0.1) is 0 Å². The highest BCUT2D eigenvalue weighted by atomic mass is 16.5. The summed E-state index contributed by atoms with van der Waals surface area (Å²) in [5.74, 6) is -0.244. The molecule has 3 nitrogen and oxygen atoms in total. The van der Waals surface area contributed by atoms with Gasteiger partial charge in [0.15, 0.2) is 0 Å². The van der Waals surface area contributed by atoms with E-state index in [0.717, 1.165) is 19.5 Å². The number of ether oxygens (including phenoxy) is 1. The number of methoxy groups -OCH3 is 1. The number of nitrogens with zero attached hydrogens (tertiary/aromatic N) is 1. The maximum atomic E-state index is 13.8. The van der Waals surface area contributed by atoms with Gasteiger partial charge in [0.05, 0.1) is 18.1 Å². The summed E-state index contributed by atoms with van der Waals surface area (Å²) in [7, 11) is 1.55. The van der Waals surface area contributed by atoms with E-state index in [1.807, 2.05) is 6.07 Å². The van der Waals surface area contributed by atoms with Crippen molar-refractivity contribution in [2.45, 2.75) is 36.6 Å². The summed E-state index contributed by atoms with van der Waals surface area (Å²) in [4.78, 5) is 17.0. The molecule has 1 aliphatic heterocycles. The normalized spacial score (nSPS) is 22.2. The smallest absolute Gasteiger partial charge is 0.337 e. The van der Waals surface area contributed by atoms with Gasteiger partial charge in [-0.2, -0.15) is 0 Å². The number of hydrogen-bond donors (Lipinski definition) is 0. The third-order valence-electron chi connectivity index (χ3n) is 27.0. The highest BCUT2D eigenvalue weighted by molar-refractivity contribution is 6.81. The van der Waals surface area contributed by atoms with Crippen molar-refractivity contribution in [1.82, 2.24) is 4.90 Å². The molecule has 1 saturated heterocycles. The predicted molar refractivity (Wildman–Crippen MR) is 319 cm³/mol. The van der Waals surface area contributed by atoms with E-state index in [4.69, 9.17) is 4.74 Å². The molecule has 34 rings (SSSR count). The number of hydrogen-bond acceptors (Lipinski definition) is 3. The minimum atomic E-state index is -0.476. The molecule has 6 aliphatic rings. The van der Waals surface area contributed by atoms with Crippen LogP contribution in [0.3, 0.4) is 0 Å². The van der Waals surface area contributed by atoms with E-state index in [1.54, 1.807) is 321 Å². The summed E-state index contributed by atoms with van der Waals surface area (Å²) < 4.78 is 5.55. The minimum absolute atomic E-state index is 0.244. The molecule has 0 N–H and O–H groups in total. The number of rotatable bonds is 4. The monoisotopic (exact) mass is 953 g/mol. The Morgan fingerprint density at radius 2 is 0.623 bits per heavy atom. The zero-order valence-corrected chi connectivity index (χ0v) is 40.3. The summed E-state index contributed by atoms with van der Waals surface area (Å²) in [6.45, 7) is 2.25. The van der Waals surface area contributed by atoms with Crippen LogP contribution in [-0.4, -0.2) is 31.1 Å². The van der Waals surface area contributed by atoms with Crippen LogP contribution < -0.4 is 0 Å². The lowest BCUT2D eigenvalue weighted by Gasteiger charge is -2.54. The van der Waals surface area contributed by atoms with Crippen molar-refractivity contribution in [2.75, 3.05) is 20.2 Å². The molecule has 5 aliphatic carbocycles. The first-order valence-electron chi connectivity index (χ1n) is 29.0. The van der Waals surface area contributed by atoms with Crippen LogP contribution >= 0.6 is 0 Å². The molecule has 1 fully saturated rings. The van der Waals surface area contributed by atoms with Gasteiger partial charge in [-0.05, 0) is 364 Å². The van der Waals surface area contributed by atoms with E-state index < -0.39 is 11.0 Å². The Hall–Kier alpha value is -8.89. The average molecular weight is 954 g/mol. The Labute approximate surface area is 423 Å². The van der Waals surface area contributed by atoms with Crippen LogP contribution in [0.4, 0.5) is 0 Å². The second kappa shape index (κ2) is 7.32. The lowest BCUT2D eigenvalue weighted by atomic mass is 9.54. The van der Waals surface area contributed by atoms with Gasteiger partial charge in [-0.3, -0.25) is 4.90 Å². The largest absolute Gasteiger partial charge is 0.465 e. The number of piperidine rings is 1. The molecule has 0 spiro atoms. The van der Waals surface area contributed by atoms with Crippen molar-refractivity contribution in [3.05, 3.63) is 68.8 Å². The van der Waals surface area contributed by atoms with Crippen molar-refractivity contribution < 1.29 is 9.53 Å². The summed E-state index contributed by atoms with van der Waals surface area (Å²) in [6, 6.07) is 8.78. The molecule has 0 amide bonds. The molecular formula is C74H19NO2. The molecule has 2 atom stereocenters. The van der Waals surface area contributed by atoms with Gasteiger partial charge >= 0.3 is 5.97 Å². The number of benzene rings is 18. The first-order valence-corrected chi connectivity index (χ1v) is 29.0. The van der Waals surface area contributed by atoms with Gasteiger partial charge in [0, 0.05) is 0 Å². The summed E-state index contributed by atoms with van der Waals surface area (Å²) in [5, 5.41) is 85.0. The Bertz CT molecular complexity index is 7720. The fourth-order valence-electron chi connectivity index (χ4n) is 26.6. The fourth-order valence-corrected chi connectivity index (χ4v) is 26.6. The third-order valence-corrected chi connectivity index (χ3v) is 27.0. The molecule has 0 radical (unpaired) electrons. The molecular weight excluding hydrogens is 935 g/mol. The molecule has 77 heavy (non-hydrogen) atoms.